The summed E-state index contributed by atoms with van der Waals surface area (Å²) >= 11 is 0. The first-order valence-corrected chi connectivity index (χ1v) is 8.42. The van der Waals surface area contributed by atoms with Gasteiger partial charge in [0.1, 0.15) is 5.71 Å². The summed E-state index contributed by atoms with van der Waals surface area (Å²) in [6, 6.07) is 24.6. The highest BCUT2D eigenvalue weighted by Crippen LogP contribution is 2.24. The highest BCUT2D eigenvalue weighted by atomic mass is 14.8. The predicted molar refractivity (Wildman–Crippen MR) is 107 cm³/mol. The van der Waals surface area contributed by atoms with Gasteiger partial charge in [-0.05, 0) is 50.0 Å². The monoisotopic (exact) mass is 323 g/mol. The van der Waals surface area contributed by atoms with Gasteiger partial charge in [0.05, 0.1) is 5.69 Å². The maximum atomic E-state index is 4.92. The van der Waals surface area contributed by atoms with Crippen LogP contribution in [-0.2, 0) is 0 Å². The third-order valence-corrected chi connectivity index (χ3v) is 4.09. The van der Waals surface area contributed by atoms with Crippen molar-refractivity contribution in [1.29, 1.82) is 0 Å². The molecule has 0 aliphatic heterocycles. The van der Waals surface area contributed by atoms with Gasteiger partial charge in [0, 0.05) is 11.1 Å². The van der Waals surface area contributed by atoms with Crippen LogP contribution in [0, 0.1) is 32.6 Å². The fourth-order valence-electron chi connectivity index (χ4n) is 2.62. The summed E-state index contributed by atoms with van der Waals surface area (Å²) < 4.78 is 0. The molecule has 0 saturated carbocycles. The molecule has 0 unspecified atom stereocenters. The van der Waals surface area contributed by atoms with E-state index in [1.54, 1.807) is 0 Å². The molecule has 0 bridgehead atoms. The van der Waals surface area contributed by atoms with Crippen molar-refractivity contribution in [3.8, 4) is 11.8 Å². The van der Waals surface area contributed by atoms with Crippen LogP contribution in [0.15, 0.2) is 77.8 Å². The summed E-state index contributed by atoms with van der Waals surface area (Å²) in [4.78, 5) is 4.92. The van der Waals surface area contributed by atoms with E-state index in [1.807, 2.05) is 30.3 Å². The number of aryl methyl sites for hydroxylation is 3. The van der Waals surface area contributed by atoms with Crippen LogP contribution >= 0.6 is 0 Å². The highest BCUT2D eigenvalue weighted by Gasteiger charge is 2.05. The molecule has 0 atom stereocenters. The van der Waals surface area contributed by atoms with Crippen LogP contribution in [0.25, 0.3) is 0 Å². The zero-order chi connectivity index (χ0) is 17.6. The quantitative estimate of drug-likeness (QED) is 0.418. The van der Waals surface area contributed by atoms with E-state index in [0.717, 1.165) is 33.7 Å². The topological polar surface area (TPSA) is 12.4 Å². The molecule has 3 aromatic rings. The lowest BCUT2D eigenvalue weighted by molar-refractivity contribution is 1.33. The third-order valence-electron chi connectivity index (χ3n) is 4.09. The van der Waals surface area contributed by atoms with Crippen molar-refractivity contribution in [3.05, 3.63) is 101 Å². The zero-order valence-electron chi connectivity index (χ0n) is 14.9. The van der Waals surface area contributed by atoms with E-state index in [1.165, 1.54) is 5.56 Å². The van der Waals surface area contributed by atoms with Crippen molar-refractivity contribution < 1.29 is 0 Å². The molecule has 0 aliphatic carbocycles. The number of benzene rings is 3. The minimum Gasteiger partial charge on any atom is -0.239 e. The molecule has 1 nitrogen and oxygen atoms in total. The summed E-state index contributed by atoms with van der Waals surface area (Å²) in [6.07, 6.45) is 0. The van der Waals surface area contributed by atoms with E-state index < -0.39 is 0 Å². The first kappa shape index (κ1) is 16.7. The molecule has 0 aromatic heterocycles. The van der Waals surface area contributed by atoms with Gasteiger partial charge in [0.2, 0.25) is 0 Å². The highest BCUT2D eigenvalue weighted by molar-refractivity contribution is 6.14. The van der Waals surface area contributed by atoms with E-state index in [9.17, 15) is 0 Å². The van der Waals surface area contributed by atoms with Gasteiger partial charge in [-0.25, -0.2) is 4.99 Å². The second-order valence-electron chi connectivity index (χ2n) is 6.18. The molecule has 0 N–H and O–H groups in total. The molecule has 0 heterocycles. The van der Waals surface area contributed by atoms with E-state index >= 15 is 0 Å². The van der Waals surface area contributed by atoms with Crippen molar-refractivity contribution in [2.45, 2.75) is 20.8 Å². The standard InChI is InChI=1S/C24H21N/c1-18-12-15-22(16-13-18)23(17-14-21-10-5-4-6-11-21)25-24-19(2)8-7-9-20(24)3/h4-13,15-16H,1-3H3. The minimum absolute atomic E-state index is 0.793. The maximum absolute atomic E-state index is 4.92. The molecule has 1 heteroatoms. The summed E-state index contributed by atoms with van der Waals surface area (Å²) in [6.45, 7) is 6.26. The molecule has 122 valence electrons. The summed E-state index contributed by atoms with van der Waals surface area (Å²) in [5, 5.41) is 0. The lowest BCUT2D eigenvalue weighted by Crippen LogP contribution is -1.98. The molecule has 3 aromatic carbocycles. The minimum atomic E-state index is 0.793. The Hall–Kier alpha value is -3.11. The predicted octanol–water partition coefficient (Wildman–Crippen LogP) is 5.78. The number of hydrogen-bond donors (Lipinski definition) is 0. The fraction of sp³-hybridized carbons (Fsp3) is 0.125. The lowest BCUT2D eigenvalue weighted by Gasteiger charge is -2.07. The van der Waals surface area contributed by atoms with Gasteiger partial charge in [-0.2, -0.15) is 0 Å². The van der Waals surface area contributed by atoms with Crippen molar-refractivity contribution in [1.82, 2.24) is 0 Å². The Morgan fingerprint density at radius 3 is 2.00 bits per heavy atom. The first-order valence-electron chi connectivity index (χ1n) is 8.42. The number of aliphatic imine (C=N–C) groups is 1. The van der Waals surface area contributed by atoms with Crippen LogP contribution in [0.4, 0.5) is 5.69 Å². The Kier molecular flexibility index (Phi) is 5.11. The molecule has 0 amide bonds. The normalized spacial score (nSPS) is 10.9. The second kappa shape index (κ2) is 7.64. The largest absolute Gasteiger partial charge is 0.239 e. The summed E-state index contributed by atoms with van der Waals surface area (Å²) in [5.41, 5.74) is 7.37. The van der Waals surface area contributed by atoms with Gasteiger partial charge in [0.25, 0.3) is 0 Å². The van der Waals surface area contributed by atoms with Gasteiger partial charge in [-0.3, -0.25) is 0 Å². The van der Waals surface area contributed by atoms with Crippen LogP contribution in [0.2, 0.25) is 0 Å². The Balaban J connectivity index is 2.11. The van der Waals surface area contributed by atoms with Crippen molar-refractivity contribution in [3.63, 3.8) is 0 Å². The van der Waals surface area contributed by atoms with Crippen LogP contribution in [0.3, 0.4) is 0 Å². The summed E-state index contributed by atoms with van der Waals surface area (Å²) in [7, 11) is 0. The van der Waals surface area contributed by atoms with Gasteiger partial charge < -0.3 is 0 Å². The molecular formula is C24H21N. The molecule has 0 radical (unpaired) electrons. The molecule has 0 spiro atoms. The van der Waals surface area contributed by atoms with Crippen LogP contribution in [0.5, 0.6) is 0 Å². The van der Waals surface area contributed by atoms with Crippen molar-refractivity contribution in [2.24, 2.45) is 4.99 Å². The number of para-hydroxylation sites is 1. The van der Waals surface area contributed by atoms with E-state index in [0.29, 0.717) is 0 Å². The van der Waals surface area contributed by atoms with Crippen molar-refractivity contribution in [2.75, 3.05) is 0 Å². The van der Waals surface area contributed by atoms with Crippen LogP contribution in [0.1, 0.15) is 27.8 Å². The van der Waals surface area contributed by atoms with Gasteiger partial charge in [-0.1, -0.05) is 72.1 Å². The average molecular weight is 323 g/mol. The number of nitrogens with zero attached hydrogens (tertiary/aromatic N) is 1. The molecule has 3 rings (SSSR count). The Morgan fingerprint density at radius 2 is 1.36 bits per heavy atom. The first-order chi connectivity index (χ1) is 12.1. The van der Waals surface area contributed by atoms with E-state index in [-0.39, 0.29) is 0 Å². The fourth-order valence-corrected chi connectivity index (χ4v) is 2.62. The maximum Gasteiger partial charge on any atom is 0.121 e. The smallest absolute Gasteiger partial charge is 0.121 e. The zero-order valence-corrected chi connectivity index (χ0v) is 14.9. The van der Waals surface area contributed by atoms with E-state index in [2.05, 4.69) is 75.1 Å². The van der Waals surface area contributed by atoms with Gasteiger partial charge >= 0.3 is 0 Å². The SMILES string of the molecule is Cc1ccc(C(C#Cc2ccccc2)=Nc2c(C)cccc2C)cc1. The van der Waals surface area contributed by atoms with Gasteiger partial charge in [-0.15, -0.1) is 0 Å². The number of rotatable bonds is 2. The van der Waals surface area contributed by atoms with Crippen LogP contribution < -0.4 is 0 Å². The second-order valence-corrected chi connectivity index (χ2v) is 6.18. The van der Waals surface area contributed by atoms with E-state index in [4.69, 9.17) is 4.99 Å². The average Bonchev–Trinajstić information content (AvgIpc) is 2.63. The summed E-state index contributed by atoms with van der Waals surface area (Å²) in [5.74, 6) is 6.51. The third kappa shape index (κ3) is 4.25. The molecular weight excluding hydrogens is 302 g/mol. The molecule has 0 saturated heterocycles. The molecule has 0 fully saturated rings. The van der Waals surface area contributed by atoms with Crippen molar-refractivity contribution >= 4 is 11.4 Å². The van der Waals surface area contributed by atoms with Gasteiger partial charge in [0.15, 0.2) is 0 Å². The van der Waals surface area contributed by atoms with Crippen LogP contribution in [-0.4, -0.2) is 5.71 Å². The Morgan fingerprint density at radius 1 is 0.720 bits per heavy atom. The lowest BCUT2D eigenvalue weighted by atomic mass is 10.1. The Labute approximate surface area is 150 Å². The molecule has 25 heavy (non-hydrogen) atoms. The molecule has 0 aliphatic rings. The Bertz CT molecular complexity index is 932. The number of hydrogen-bond acceptors (Lipinski definition) is 1.